The lowest BCUT2D eigenvalue weighted by molar-refractivity contribution is 0.0951. The van der Waals surface area contributed by atoms with Gasteiger partial charge in [0.05, 0.1) is 11.2 Å². The van der Waals surface area contributed by atoms with E-state index in [0.717, 1.165) is 36.6 Å². The van der Waals surface area contributed by atoms with Gasteiger partial charge in [0.15, 0.2) is 0 Å². The first-order chi connectivity index (χ1) is 10.2. The number of amides is 1. The zero-order valence-corrected chi connectivity index (χ0v) is 12.9. The molecule has 0 saturated carbocycles. The molecule has 1 saturated heterocycles. The number of hydrogen-bond donors (Lipinski definition) is 1. The SMILES string of the molecule is Cc1ncsc1C(=O)NC[C@@H]1CCN(c2ccccc2)C1. The highest BCUT2D eigenvalue weighted by atomic mass is 32.1. The molecule has 21 heavy (non-hydrogen) atoms. The third-order valence-electron chi connectivity index (χ3n) is 3.91. The van der Waals surface area contributed by atoms with Gasteiger partial charge in [0.2, 0.25) is 0 Å². The number of thiazole rings is 1. The number of carbonyl (C=O) groups is 1. The van der Waals surface area contributed by atoms with Crippen LogP contribution in [0.5, 0.6) is 0 Å². The molecule has 0 unspecified atom stereocenters. The number of aryl methyl sites for hydroxylation is 1. The highest BCUT2D eigenvalue weighted by molar-refractivity contribution is 7.11. The molecule has 1 aliphatic heterocycles. The van der Waals surface area contributed by atoms with Gasteiger partial charge in [-0.05, 0) is 31.4 Å². The fourth-order valence-corrected chi connectivity index (χ4v) is 3.43. The number of anilines is 1. The Balaban J connectivity index is 1.52. The highest BCUT2D eigenvalue weighted by Gasteiger charge is 2.23. The van der Waals surface area contributed by atoms with Crippen LogP contribution in [0.2, 0.25) is 0 Å². The van der Waals surface area contributed by atoms with E-state index >= 15 is 0 Å². The molecule has 1 atom stereocenters. The fourth-order valence-electron chi connectivity index (χ4n) is 2.71. The molecule has 4 nitrogen and oxygen atoms in total. The molecule has 1 fully saturated rings. The molecule has 2 heterocycles. The summed E-state index contributed by atoms with van der Waals surface area (Å²) in [4.78, 5) is 19.3. The molecular formula is C16H19N3OS. The molecule has 0 bridgehead atoms. The molecule has 1 aliphatic rings. The molecule has 2 aromatic rings. The van der Waals surface area contributed by atoms with Crippen LogP contribution in [-0.2, 0) is 0 Å². The van der Waals surface area contributed by atoms with Crippen LogP contribution in [0.15, 0.2) is 35.8 Å². The van der Waals surface area contributed by atoms with E-state index in [2.05, 4.69) is 39.5 Å². The van der Waals surface area contributed by atoms with Gasteiger partial charge < -0.3 is 10.2 Å². The minimum atomic E-state index is 0.00756. The Morgan fingerprint density at radius 1 is 1.43 bits per heavy atom. The number of carbonyl (C=O) groups excluding carboxylic acids is 1. The van der Waals surface area contributed by atoms with Crippen molar-refractivity contribution >= 4 is 22.9 Å². The van der Waals surface area contributed by atoms with E-state index in [1.54, 1.807) is 5.51 Å². The number of benzene rings is 1. The van der Waals surface area contributed by atoms with Crippen molar-refractivity contribution in [1.29, 1.82) is 0 Å². The van der Waals surface area contributed by atoms with Crippen LogP contribution in [0.3, 0.4) is 0 Å². The van der Waals surface area contributed by atoms with E-state index < -0.39 is 0 Å². The summed E-state index contributed by atoms with van der Waals surface area (Å²) < 4.78 is 0. The van der Waals surface area contributed by atoms with E-state index in [9.17, 15) is 4.79 Å². The number of nitrogens with one attached hydrogen (secondary N) is 1. The van der Waals surface area contributed by atoms with Gasteiger partial charge in [0.1, 0.15) is 4.88 Å². The summed E-state index contributed by atoms with van der Waals surface area (Å²) in [5.41, 5.74) is 3.80. The number of aromatic nitrogens is 1. The molecule has 0 aliphatic carbocycles. The van der Waals surface area contributed by atoms with Crippen molar-refractivity contribution in [2.75, 3.05) is 24.5 Å². The van der Waals surface area contributed by atoms with Gasteiger partial charge in [-0.3, -0.25) is 4.79 Å². The maximum Gasteiger partial charge on any atom is 0.263 e. The number of para-hydroxylation sites is 1. The van der Waals surface area contributed by atoms with Gasteiger partial charge in [-0.2, -0.15) is 0 Å². The Labute approximate surface area is 128 Å². The second kappa shape index (κ2) is 6.26. The van der Waals surface area contributed by atoms with Gasteiger partial charge in [0, 0.05) is 25.3 Å². The quantitative estimate of drug-likeness (QED) is 0.944. The van der Waals surface area contributed by atoms with E-state index in [4.69, 9.17) is 0 Å². The Hall–Kier alpha value is -1.88. The lowest BCUT2D eigenvalue weighted by atomic mass is 10.1. The summed E-state index contributed by atoms with van der Waals surface area (Å²) in [5, 5.41) is 3.04. The van der Waals surface area contributed by atoms with Crippen molar-refractivity contribution in [3.8, 4) is 0 Å². The van der Waals surface area contributed by atoms with Crippen LogP contribution in [0.25, 0.3) is 0 Å². The van der Waals surface area contributed by atoms with Gasteiger partial charge in [-0.15, -0.1) is 11.3 Å². The third kappa shape index (κ3) is 3.24. The van der Waals surface area contributed by atoms with Crippen LogP contribution < -0.4 is 10.2 Å². The Bertz CT molecular complexity index is 611. The number of rotatable bonds is 4. The largest absolute Gasteiger partial charge is 0.371 e. The summed E-state index contributed by atoms with van der Waals surface area (Å²) in [7, 11) is 0. The molecule has 1 aromatic heterocycles. The minimum Gasteiger partial charge on any atom is -0.371 e. The zero-order valence-electron chi connectivity index (χ0n) is 12.1. The van der Waals surface area contributed by atoms with Crippen LogP contribution in [-0.4, -0.2) is 30.5 Å². The van der Waals surface area contributed by atoms with Crippen LogP contribution in [0, 0.1) is 12.8 Å². The fraction of sp³-hybridized carbons (Fsp3) is 0.375. The summed E-state index contributed by atoms with van der Waals surface area (Å²) >= 11 is 1.40. The molecule has 1 amide bonds. The van der Waals surface area contributed by atoms with Crippen LogP contribution in [0.4, 0.5) is 5.69 Å². The average Bonchev–Trinajstić information content (AvgIpc) is 3.15. The monoisotopic (exact) mass is 301 g/mol. The molecule has 3 rings (SSSR count). The Kier molecular flexibility index (Phi) is 4.20. The van der Waals surface area contributed by atoms with Gasteiger partial charge in [-0.25, -0.2) is 4.98 Å². The van der Waals surface area contributed by atoms with Crippen LogP contribution in [0.1, 0.15) is 21.8 Å². The van der Waals surface area contributed by atoms with Gasteiger partial charge in [0.25, 0.3) is 5.91 Å². The second-order valence-corrected chi connectivity index (χ2v) is 6.27. The summed E-state index contributed by atoms with van der Waals surface area (Å²) in [6.45, 7) is 4.67. The number of nitrogens with zero attached hydrogens (tertiary/aromatic N) is 2. The lowest BCUT2D eigenvalue weighted by Crippen LogP contribution is -2.30. The van der Waals surface area contributed by atoms with Crippen LogP contribution >= 0.6 is 11.3 Å². The minimum absolute atomic E-state index is 0.00756. The first kappa shape index (κ1) is 14.1. The van der Waals surface area contributed by atoms with E-state index in [0.29, 0.717) is 5.92 Å². The lowest BCUT2D eigenvalue weighted by Gasteiger charge is -2.18. The zero-order chi connectivity index (χ0) is 14.7. The molecule has 1 aromatic carbocycles. The molecular weight excluding hydrogens is 282 g/mol. The summed E-state index contributed by atoms with van der Waals surface area (Å²) in [6, 6.07) is 10.5. The van der Waals surface area contributed by atoms with E-state index in [-0.39, 0.29) is 5.91 Å². The maximum atomic E-state index is 12.1. The molecule has 110 valence electrons. The highest BCUT2D eigenvalue weighted by Crippen LogP contribution is 2.23. The smallest absolute Gasteiger partial charge is 0.263 e. The summed E-state index contributed by atoms with van der Waals surface area (Å²) in [5.74, 6) is 0.524. The number of hydrogen-bond acceptors (Lipinski definition) is 4. The van der Waals surface area contributed by atoms with Crippen molar-refractivity contribution in [2.24, 2.45) is 5.92 Å². The predicted molar refractivity (Wildman–Crippen MR) is 85.9 cm³/mol. The molecule has 0 spiro atoms. The topological polar surface area (TPSA) is 45.2 Å². The van der Waals surface area contributed by atoms with E-state index in [1.165, 1.54) is 17.0 Å². The average molecular weight is 301 g/mol. The second-order valence-electron chi connectivity index (χ2n) is 5.41. The predicted octanol–water partition coefficient (Wildman–Crippen LogP) is 2.71. The van der Waals surface area contributed by atoms with E-state index in [1.807, 2.05) is 13.0 Å². The Morgan fingerprint density at radius 3 is 2.95 bits per heavy atom. The van der Waals surface area contributed by atoms with Crippen molar-refractivity contribution in [3.05, 3.63) is 46.4 Å². The standard InChI is InChI=1S/C16H19N3OS/c1-12-15(21-11-18-12)16(20)17-9-13-7-8-19(10-13)14-5-3-2-4-6-14/h2-6,11,13H,7-10H2,1H3,(H,17,20)/t13-/m0/s1. The molecule has 0 radical (unpaired) electrons. The van der Waals surface area contributed by atoms with Gasteiger partial charge in [-0.1, -0.05) is 18.2 Å². The van der Waals surface area contributed by atoms with Crippen molar-refractivity contribution in [1.82, 2.24) is 10.3 Å². The van der Waals surface area contributed by atoms with Gasteiger partial charge >= 0.3 is 0 Å². The van der Waals surface area contributed by atoms with Crippen molar-refractivity contribution in [3.63, 3.8) is 0 Å². The van der Waals surface area contributed by atoms with Crippen molar-refractivity contribution in [2.45, 2.75) is 13.3 Å². The summed E-state index contributed by atoms with van der Waals surface area (Å²) in [6.07, 6.45) is 1.12. The Morgan fingerprint density at radius 2 is 2.24 bits per heavy atom. The normalized spacial score (nSPS) is 18.0. The van der Waals surface area contributed by atoms with Crippen molar-refractivity contribution < 1.29 is 4.79 Å². The third-order valence-corrected chi connectivity index (χ3v) is 4.84. The molecule has 5 heteroatoms. The first-order valence-electron chi connectivity index (χ1n) is 7.22. The maximum absolute atomic E-state index is 12.1. The first-order valence-corrected chi connectivity index (χ1v) is 8.10. The molecule has 1 N–H and O–H groups in total.